The largest absolute Gasteiger partial charge is 0.466 e. The molecule has 0 aliphatic carbocycles. The Morgan fingerprint density at radius 3 is 2.42 bits per heavy atom. The summed E-state index contributed by atoms with van der Waals surface area (Å²) in [5.74, 6) is -0.760. The highest BCUT2D eigenvalue weighted by Crippen LogP contribution is 2.33. The van der Waals surface area contributed by atoms with Gasteiger partial charge in [-0.15, -0.1) is 0 Å². The van der Waals surface area contributed by atoms with Crippen LogP contribution >= 0.6 is 0 Å². The molecule has 0 radical (unpaired) electrons. The monoisotopic (exact) mass is 339 g/mol. The molecule has 2 N–H and O–H groups in total. The van der Waals surface area contributed by atoms with Gasteiger partial charge in [0, 0.05) is 6.08 Å². The summed E-state index contributed by atoms with van der Waals surface area (Å²) < 4.78 is 44.5. The van der Waals surface area contributed by atoms with Crippen LogP contribution in [0.25, 0.3) is 5.57 Å². The first-order valence-electron chi connectivity index (χ1n) is 7.08. The SMILES string of the molecule is CC(O)(CNC(=O)C=C(c1ccccc1)C(F)(F)F)c1ccco1. The normalized spacial score (nSPS) is 15.0. The zero-order valence-corrected chi connectivity index (χ0v) is 12.8. The highest BCUT2D eigenvalue weighted by molar-refractivity contribution is 5.96. The van der Waals surface area contributed by atoms with Crippen LogP contribution in [0.3, 0.4) is 0 Å². The van der Waals surface area contributed by atoms with E-state index in [2.05, 4.69) is 5.32 Å². The van der Waals surface area contributed by atoms with E-state index in [9.17, 15) is 23.1 Å². The van der Waals surface area contributed by atoms with Crippen molar-refractivity contribution < 1.29 is 27.5 Å². The summed E-state index contributed by atoms with van der Waals surface area (Å²) in [4.78, 5) is 11.9. The fourth-order valence-electron chi connectivity index (χ4n) is 2.06. The van der Waals surface area contributed by atoms with Gasteiger partial charge >= 0.3 is 6.18 Å². The van der Waals surface area contributed by atoms with Gasteiger partial charge in [-0.1, -0.05) is 30.3 Å². The van der Waals surface area contributed by atoms with E-state index in [4.69, 9.17) is 4.42 Å². The molecule has 1 unspecified atom stereocenters. The van der Waals surface area contributed by atoms with Gasteiger partial charge in [0.15, 0.2) is 0 Å². The van der Waals surface area contributed by atoms with Crippen LogP contribution in [-0.4, -0.2) is 23.7 Å². The topological polar surface area (TPSA) is 62.5 Å². The molecule has 1 aromatic heterocycles. The Labute approximate surface area is 136 Å². The number of benzene rings is 1. The van der Waals surface area contributed by atoms with Gasteiger partial charge in [-0.3, -0.25) is 4.79 Å². The van der Waals surface area contributed by atoms with Gasteiger partial charge in [0.05, 0.1) is 18.4 Å². The number of hydrogen-bond donors (Lipinski definition) is 2. The van der Waals surface area contributed by atoms with Crippen molar-refractivity contribution in [3.63, 3.8) is 0 Å². The lowest BCUT2D eigenvalue weighted by molar-refractivity contribution is -0.118. The number of allylic oxidation sites excluding steroid dienone is 1. The molecule has 2 rings (SSSR count). The van der Waals surface area contributed by atoms with Gasteiger partial charge in [-0.2, -0.15) is 13.2 Å². The van der Waals surface area contributed by atoms with Crippen LogP contribution in [0.4, 0.5) is 13.2 Å². The van der Waals surface area contributed by atoms with Crippen LogP contribution in [0.15, 0.2) is 59.2 Å². The lowest BCUT2D eigenvalue weighted by atomic mass is 10.0. The van der Waals surface area contributed by atoms with Crippen molar-refractivity contribution in [1.29, 1.82) is 0 Å². The number of nitrogens with one attached hydrogen (secondary N) is 1. The van der Waals surface area contributed by atoms with Gasteiger partial charge in [-0.25, -0.2) is 0 Å². The van der Waals surface area contributed by atoms with E-state index in [-0.39, 0.29) is 17.9 Å². The number of amides is 1. The number of furan rings is 1. The molecule has 1 aromatic carbocycles. The summed E-state index contributed by atoms with van der Waals surface area (Å²) in [5, 5.41) is 12.4. The average molecular weight is 339 g/mol. The predicted molar refractivity (Wildman–Crippen MR) is 81.8 cm³/mol. The molecule has 1 atom stereocenters. The molecule has 0 fully saturated rings. The molecule has 128 valence electrons. The number of rotatable bonds is 5. The number of aliphatic hydroxyl groups is 1. The molecular weight excluding hydrogens is 323 g/mol. The standard InChI is InChI=1S/C17H16F3NO3/c1-16(23,14-8-5-9-24-14)11-21-15(22)10-13(17(18,19)20)12-6-3-2-4-7-12/h2-10,23H,11H2,1H3,(H,21,22). The molecule has 0 spiro atoms. The van der Waals surface area contributed by atoms with Crippen molar-refractivity contribution in [3.05, 3.63) is 66.1 Å². The second kappa shape index (κ2) is 6.92. The smallest absolute Gasteiger partial charge is 0.417 e. The van der Waals surface area contributed by atoms with Crippen molar-refractivity contribution in [3.8, 4) is 0 Å². The molecule has 0 bridgehead atoms. The van der Waals surface area contributed by atoms with Gasteiger partial charge in [-0.05, 0) is 24.6 Å². The zero-order valence-electron chi connectivity index (χ0n) is 12.8. The summed E-state index contributed by atoms with van der Waals surface area (Å²) in [6, 6.07) is 10.1. The lowest BCUT2D eigenvalue weighted by Crippen LogP contribution is -2.38. The number of hydrogen-bond acceptors (Lipinski definition) is 3. The maximum atomic E-state index is 13.2. The first-order chi connectivity index (χ1) is 11.2. The number of alkyl halides is 3. The Morgan fingerprint density at radius 1 is 1.21 bits per heavy atom. The summed E-state index contributed by atoms with van der Waals surface area (Å²) in [5.41, 5.74) is -2.70. The van der Waals surface area contributed by atoms with Gasteiger partial charge < -0.3 is 14.8 Å². The van der Waals surface area contributed by atoms with Gasteiger partial charge in [0.2, 0.25) is 5.91 Å². The van der Waals surface area contributed by atoms with Crippen molar-refractivity contribution in [1.82, 2.24) is 5.32 Å². The summed E-state index contributed by atoms with van der Waals surface area (Å²) in [6.45, 7) is 1.09. The minimum Gasteiger partial charge on any atom is -0.466 e. The van der Waals surface area contributed by atoms with E-state index in [0.29, 0.717) is 6.08 Å². The van der Waals surface area contributed by atoms with Gasteiger partial charge in [0.25, 0.3) is 0 Å². The van der Waals surface area contributed by atoms with Crippen molar-refractivity contribution >= 4 is 11.5 Å². The molecule has 24 heavy (non-hydrogen) atoms. The zero-order chi connectivity index (χ0) is 17.8. The Kier molecular flexibility index (Phi) is 5.14. The molecule has 0 saturated carbocycles. The Morgan fingerprint density at radius 2 is 1.88 bits per heavy atom. The minimum atomic E-state index is -4.68. The van der Waals surface area contributed by atoms with Crippen molar-refractivity contribution in [2.24, 2.45) is 0 Å². The van der Waals surface area contributed by atoms with E-state index in [1.54, 1.807) is 12.1 Å². The Balaban J connectivity index is 2.14. The molecule has 2 aromatic rings. The third-order valence-corrected chi connectivity index (χ3v) is 3.32. The second-order valence-electron chi connectivity index (χ2n) is 5.39. The second-order valence-corrected chi connectivity index (χ2v) is 5.39. The third-order valence-electron chi connectivity index (χ3n) is 3.32. The first kappa shape index (κ1) is 17.8. The molecule has 0 saturated heterocycles. The van der Waals surface area contributed by atoms with Crippen molar-refractivity contribution in [2.45, 2.75) is 18.7 Å². The molecule has 0 aliphatic rings. The van der Waals surface area contributed by atoms with E-state index in [1.165, 1.54) is 43.5 Å². The number of halogens is 3. The highest BCUT2D eigenvalue weighted by Gasteiger charge is 2.35. The third kappa shape index (κ3) is 4.48. The lowest BCUT2D eigenvalue weighted by Gasteiger charge is -2.21. The molecule has 0 aliphatic heterocycles. The van der Waals surface area contributed by atoms with Crippen LogP contribution < -0.4 is 5.32 Å². The maximum Gasteiger partial charge on any atom is 0.417 e. The Hall–Kier alpha value is -2.54. The number of carbonyl (C=O) groups is 1. The van der Waals surface area contributed by atoms with Crippen LogP contribution in [0.5, 0.6) is 0 Å². The maximum absolute atomic E-state index is 13.2. The van der Waals surface area contributed by atoms with Crippen LogP contribution in [0.2, 0.25) is 0 Å². The van der Waals surface area contributed by atoms with Crippen LogP contribution in [0, 0.1) is 0 Å². The molecular formula is C17H16F3NO3. The molecule has 7 heteroatoms. The number of carbonyl (C=O) groups excluding carboxylic acids is 1. The van der Waals surface area contributed by atoms with Crippen molar-refractivity contribution in [2.75, 3.05) is 6.54 Å². The minimum absolute atomic E-state index is 0.113. The average Bonchev–Trinajstić information content (AvgIpc) is 3.06. The van der Waals surface area contributed by atoms with Crippen LogP contribution in [0.1, 0.15) is 18.2 Å². The molecule has 1 amide bonds. The fraction of sp³-hybridized carbons (Fsp3) is 0.235. The summed E-state index contributed by atoms with van der Waals surface area (Å²) in [7, 11) is 0. The fourth-order valence-corrected chi connectivity index (χ4v) is 2.06. The highest BCUT2D eigenvalue weighted by atomic mass is 19.4. The van der Waals surface area contributed by atoms with E-state index in [1.807, 2.05) is 0 Å². The van der Waals surface area contributed by atoms with E-state index in [0.717, 1.165) is 0 Å². The van der Waals surface area contributed by atoms with Crippen LogP contribution in [-0.2, 0) is 10.4 Å². The quantitative estimate of drug-likeness (QED) is 0.822. The first-order valence-corrected chi connectivity index (χ1v) is 7.08. The molecule has 1 heterocycles. The summed E-state index contributed by atoms with van der Waals surface area (Å²) >= 11 is 0. The summed E-state index contributed by atoms with van der Waals surface area (Å²) in [6.07, 6.45) is -2.85. The predicted octanol–water partition coefficient (Wildman–Crippen LogP) is 3.25. The molecule has 4 nitrogen and oxygen atoms in total. The Bertz CT molecular complexity index is 704. The van der Waals surface area contributed by atoms with E-state index < -0.39 is 23.3 Å². The van der Waals surface area contributed by atoms with E-state index >= 15 is 0 Å². The van der Waals surface area contributed by atoms with Gasteiger partial charge in [0.1, 0.15) is 11.4 Å².